The minimum absolute atomic E-state index is 0.0201. The molecule has 3 aliphatic heterocycles. The molecule has 0 aromatic carbocycles. The zero-order valence-electron chi connectivity index (χ0n) is 18.9. The summed E-state index contributed by atoms with van der Waals surface area (Å²) in [5.41, 5.74) is 0.870. The number of ether oxygens (including phenoxy) is 1. The van der Waals surface area contributed by atoms with Crippen LogP contribution in [-0.4, -0.2) is 56.9 Å². The van der Waals surface area contributed by atoms with Crippen LogP contribution in [0.15, 0.2) is 34.1 Å². The van der Waals surface area contributed by atoms with Gasteiger partial charge in [-0.25, -0.2) is 4.98 Å². The number of pyridine rings is 1. The fourth-order valence-electron chi connectivity index (χ4n) is 5.07. The van der Waals surface area contributed by atoms with Gasteiger partial charge in [-0.2, -0.15) is 0 Å². The monoisotopic (exact) mass is 484 g/mol. The molecule has 0 aliphatic carbocycles. The van der Waals surface area contributed by atoms with Crippen LogP contribution in [0.3, 0.4) is 0 Å². The third-order valence-corrected chi connectivity index (χ3v) is 7.85. The van der Waals surface area contributed by atoms with Gasteiger partial charge >= 0.3 is 0 Å². The molecule has 9 heteroatoms. The first-order chi connectivity index (χ1) is 15.9. The molecule has 0 saturated carbocycles. The molecular weight excluding hydrogens is 456 g/mol. The van der Waals surface area contributed by atoms with Crippen LogP contribution in [0.2, 0.25) is 0 Å². The number of fused-ring (bicyclic) bond motifs is 1. The molecule has 7 nitrogen and oxygen atoms in total. The van der Waals surface area contributed by atoms with Gasteiger partial charge in [0, 0.05) is 25.9 Å². The van der Waals surface area contributed by atoms with E-state index in [2.05, 4.69) is 18.7 Å². The lowest BCUT2D eigenvalue weighted by atomic mass is 9.91. The van der Waals surface area contributed by atoms with Gasteiger partial charge in [0.15, 0.2) is 0 Å². The summed E-state index contributed by atoms with van der Waals surface area (Å²) in [6.07, 6.45) is 6.53. The highest BCUT2D eigenvalue weighted by atomic mass is 32.2. The Labute approximate surface area is 202 Å². The first kappa shape index (κ1) is 22.6. The zero-order chi connectivity index (χ0) is 23.1. The number of thiocarbonyl (C=S) groups is 1. The molecule has 5 rings (SSSR count). The number of anilines is 1. The normalized spacial score (nSPS) is 27.3. The Balaban J connectivity index is 1.56. The summed E-state index contributed by atoms with van der Waals surface area (Å²) >= 11 is 6.76. The number of rotatable bonds is 4. The first-order valence-electron chi connectivity index (χ1n) is 11.5. The lowest BCUT2D eigenvalue weighted by Gasteiger charge is -2.36. The molecular formula is C24H28N4O3S2. The van der Waals surface area contributed by atoms with Crippen molar-refractivity contribution in [3.8, 4) is 0 Å². The molecule has 1 amide bonds. The van der Waals surface area contributed by atoms with Crippen LogP contribution in [-0.2, 0) is 9.53 Å². The van der Waals surface area contributed by atoms with Crippen molar-refractivity contribution in [3.63, 3.8) is 0 Å². The molecule has 3 atom stereocenters. The third-order valence-electron chi connectivity index (χ3n) is 6.48. The van der Waals surface area contributed by atoms with Crippen LogP contribution in [0.4, 0.5) is 5.82 Å². The summed E-state index contributed by atoms with van der Waals surface area (Å²) in [5.74, 6) is 1.49. The van der Waals surface area contributed by atoms with Gasteiger partial charge in [-0.15, -0.1) is 0 Å². The van der Waals surface area contributed by atoms with Crippen molar-refractivity contribution in [2.75, 3.05) is 31.1 Å². The molecule has 33 heavy (non-hydrogen) atoms. The second-order valence-corrected chi connectivity index (χ2v) is 11.0. The van der Waals surface area contributed by atoms with Crippen molar-refractivity contribution < 1.29 is 9.53 Å². The molecule has 3 saturated heterocycles. The molecule has 174 valence electrons. The largest absolute Gasteiger partial charge is 0.376 e. The number of piperidine rings is 1. The lowest BCUT2D eigenvalue weighted by Crippen LogP contribution is -2.40. The fourth-order valence-corrected chi connectivity index (χ4v) is 6.33. The SMILES string of the molecule is C[C@H]1C[C@H](C)CN(c2nc3ccccn3c(=O)c2/C=C2\SC(=S)N(C[C@@H]3CCCO3)C2=O)C1. The molecule has 0 bridgehead atoms. The second kappa shape index (κ2) is 9.19. The van der Waals surface area contributed by atoms with Crippen molar-refractivity contribution >= 4 is 51.7 Å². The maximum Gasteiger partial charge on any atom is 0.267 e. The Kier molecular flexibility index (Phi) is 6.28. The molecule has 5 heterocycles. The van der Waals surface area contributed by atoms with Crippen LogP contribution < -0.4 is 10.5 Å². The van der Waals surface area contributed by atoms with E-state index in [1.165, 1.54) is 11.8 Å². The van der Waals surface area contributed by atoms with Gasteiger partial charge in [0.05, 0.1) is 23.1 Å². The maximum atomic E-state index is 13.6. The molecule has 0 unspecified atom stereocenters. The van der Waals surface area contributed by atoms with E-state index < -0.39 is 0 Å². The number of aromatic nitrogens is 2. The standard InChI is InChI=1S/C24H28N4O3S2/c1-15-10-16(2)13-26(12-15)21-18(22(29)27-8-4-3-7-20(27)25-21)11-19-23(30)28(24(32)33-19)14-17-6-5-9-31-17/h3-4,7-8,11,15-17H,5-6,9-10,12-14H2,1-2H3/b19-11-/t15-,16-,17-/m0/s1. The Hall–Kier alpha value is -2.23. The molecule has 0 radical (unpaired) electrons. The average molecular weight is 485 g/mol. The minimum atomic E-state index is -0.175. The summed E-state index contributed by atoms with van der Waals surface area (Å²) in [4.78, 5) is 35.9. The van der Waals surface area contributed by atoms with E-state index in [-0.39, 0.29) is 17.6 Å². The van der Waals surface area contributed by atoms with Gasteiger partial charge in [0.2, 0.25) is 0 Å². The molecule has 2 aromatic heterocycles. The Morgan fingerprint density at radius 2 is 2.03 bits per heavy atom. The third kappa shape index (κ3) is 4.46. The summed E-state index contributed by atoms with van der Waals surface area (Å²) in [6, 6.07) is 5.53. The molecule has 3 aliphatic rings. The summed E-state index contributed by atoms with van der Waals surface area (Å²) in [5, 5.41) is 0. The van der Waals surface area contributed by atoms with Crippen LogP contribution in [0.1, 0.15) is 38.7 Å². The van der Waals surface area contributed by atoms with E-state index >= 15 is 0 Å². The van der Waals surface area contributed by atoms with Gasteiger partial charge in [-0.05, 0) is 49.3 Å². The van der Waals surface area contributed by atoms with Gasteiger partial charge in [0.25, 0.3) is 11.5 Å². The van der Waals surface area contributed by atoms with Gasteiger partial charge in [0.1, 0.15) is 15.8 Å². The number of nitrogens with zero attached hydrogens (tertiary/aromatic N) is 4. The quantitative estimate of drug-likeness (QED) is 0.486. The van der Waals surface area contributed by atoms with Crippen molar-refractivity contribution in [1.82, 2.24) is 14.3 Å². The number of hydrogen-bond donors (Lipinski definition) is 0. The maximum absolute atomic E-state index is 13.6. The zero-order valence-corrected chi connectivity index (χ0v) is 20.5. The first-order valence-corrected chi connectivity index (χ1v) is 12.8. The highest BCUT2D eigenvalue weighted by Crippen LogP contribution is 2.35. The van der Waals surface area contributed by atoms with E-state index in [0.717, 1.165) is 39.0 Å². The predicted octanol–water partition coefficient (Wildman–Crippen LogP) is 3.56. The highest BCUT2D eigenvalue weighted by Gasteiger charge is 2.35. The van der Waals surface area contributed by atoms with Gasteiger partial charge in [-0.3, -0.25) is 18.9 Å². The van der Waals surface area contributed by atoms with Crippen LogP contribution in [0.25, 0.3) is 11.7 Å². The molecule has 0 N–H and O–H groups in total. The van der Waals surface area contributed by atoms with Gasteiger partial charge < -0.3 is 9.64 Å². The highest BCUT2D eigenvalue weighted by molar-refractivity contribution is 8.26. The van der Waals surface area contributed by atoms with Crippen LogP contribution in [0.5, 0.6) is 0 Å². The van der Waals surface area contributed by atoms with Crippen molar-refractivity contribution in [2.24, 2.45) is 11.8 Å². The number of hydrogen-bond acceptors (Lipinski definition) is 7. The van der Waals surface area contributed by atoms with Crippen LogP contribution in [0, 0.1) is 11.8 Å². The van der Waals surface area contributed by atoms with Crippen LogP contribution >= 0.6 is 24.0 Å². The number of carbonyl (C=O) groups excluding carboxylic acids is 1. The Morgan fingerprint density at radius 1 is 1.24 bits per heavy atom. The predicted molar refractivity (Wildman–Crippen MR) is 135 cm³/mol. The van der Waals surface area contributed by atoms with Crippen molar-refractivity contribution in [3.05, 3.63) is 45.2 Å². The lowest BCUT2D eigenvalue weighted by molar-refractivity contribution is -0.123. The molecule has 0 spiro atoms. The number of amides is 1. The van der Waals surface area contributed by atoms with E-state index in [4.69, 9.17) is 21.9 Å². The Bertz CT molecular complexity index is 1180. The fraction of sp³-hybridized carbons (Fsp3) is 0.500. The summed E-state index contributed by atoms with van der Waals surface area (Å²) in [7, 11) is 0. The molecule has 3 fully saturated rings. The second-order valence-electron chi connectivity index (χ2n) is 9.36. The number of thioether (sulfide) groups is 1. The van der Waals surface area contributed by atoms with Crippen molar-refractivity contribution in [1.29, 1.82) is 0 Å². The van der Waals surface area contributed by atoms with E-state index in [9.17, 15) is 9.59 Å². The minimum Gasteiger partial charge on any atom is -0.376 e. The summed E-state index contributed by atoms with van der Waals surface area (Å²) in [6.45, 7) is 7.32. The average Bonchev–Trinajstić information content (AvgIpc) is 3.39. The van der Waals surface area contributed by atoms with Gasteiger partial charge in [-0.1, -0.05) is 43.9 Å². The smallest absolute Gasteiger partial charge is 0.267 e. The van der Waals surface area contributed by atoms with E-state index in [1.54, 1.807) is 21.6 Å². The van der Waals surface area contributed by atoms with Crippen molar-refractivity contribution in [2.45, 2.75) is 39.2 Å². The Morgan fingerprint density at radius 3 is 2.76 bits per heavy atom. The molecule has 2 aromatic rings. The summed E-state index contributed by atoms with van der Waals surface area (Å²) < 4.78 is 7.75. The van der Waals surface area contributed by atoms with E-state index in [1.807, 2.05) is 18.2 Å². The van der Waals surface area contributed by atoms with E-state index in [0.29, 0.717) is 44.6 Å². The topological polar surface area (TPSA) is 67.2 Å². The number of carbonyl (C=O) groups is 1.